The van der Waals surface area contributed by atoms with Crippen molar-refractivity contribution in [2.45, 2.75) is 13.3 Å². The summed E-state index contributed by atoms with van der Waals surface area (Å²) in [6.45, 7) is -3.24. The fourth-order valence-corrected chi connectivity index (χ4v) is 3.39. The zero-order valence-corrected chi connectivity index (χ0v) is 20.3. The third kappa shape index (κ3) is 9.04. The molecule has 5 aromatic rings. The van der Waals surface area contributed by atoms with Gasteiger partial charge in [-0.15, -0.1) is 0 Å². The van der Waals surface area contributed by atoms with Crippen molar-refractivity contribution in [2.24, 2.45) is 0 Å². The molecular weight excluding hydrogens is 513 g/mol. The van der Waals surface area contributed by atoms with Crippen molar-refractivity contribution in [3.8, 4) is 17.0 Å². The van der Waals surface area contributed by atoms with Crippen LogP contribution in [0.5, 0.6) is 5.75 Å². The highest BCUT2D eigenvalue weighted by atomic mass is 19.4. The summed E-state index contributed by atoms with van der Waals surface area (Å²) in [6, 6.07) is 29.7. The molecule has 0 bridgehead atoms. The number of benzene rings is 4. The van der Waals surface area contributed by atoms with Gasteiger partial charge in [-0.2, -0.15) is 13.2 Å². The van der Waals surface area contributed by atoms with Crippen LogP contribution >= 0.6 is 0 Å². The molecule has 0 amide bonds. The van der Waals surface area contributed by atoms with E-state index in [1.165, 1.54) is 29.0 Å². The molecule has 10 heteroatoms. The average Bonchev–Trinajstić information content (AvgIpc) is 3.42. The molecule has 4 aromatic carbocycles. The molecule has 1 aromatic heterocycles. The number of carboxylic acids is 2. The molecule has 0 saturated carbocycles. The van der Waals surface area contributed by atoms with Gasteiger partial charge in [-0.1, -0.05) is 66.7 Å². The largest absolute Gasteiger partial charge is 0.486 e. The summed E-state index contributed by atoms with van der Waals surface area (Å²) in [7, 11) is 0. The lowest BCUT2D eigenvalue weighted by Crippen LogP contribution is -2.01. The van der Waals surface area contributed by atoms with E-state index in [2.05, 4.69) is 46.4 Å². The number of halogens is 3. The zero-order valence-electron chi connectivity index (χ0n) is 20.3. The Morgan fingerprint density at radius 1 is 0.769 bits per heavy atom. The van der Waals surface area contributed by atoms with Gasteiger partial charge in [-0.25, -0.2) is 14.6 Å². The predicted octanol–water partition coefficient (Wildman–Crippen LogP) is 7.07. The Labute approximate surface area is 221 Å². The smallest absolute Gasteiger partial charge is 0.379 e. The molecule has 0 radical (unpaired) electrons. The summed E-state index contributed by atoms with van der Waals surface area (Å²) in [5.74, 6) is -0.588. The number of hydrogen-bond acceptors (Lipinski definition) is 4. The molecule has 1 heterocycles. The van der Waals surface area contributed by atoms with Gasteiger partial charge in [0.25, 0.3) is 0 Å². The minimum atomic E-state index is -3.67. The molecule has 7 nitrogen and oxygen atoms in total. The van der Waals surface area contributed by atoms with Crippen LogP contribution in [-0.4, -0.2) is 38.8 Å². The lowest BCUT2D eigenvalue weighted by atomic mass is 10.1. The molecule has 0 spiro atoms. The normalized spacial score (nSPS) is 10.2. The van der Waals surface area contributed by atoms with Crippen molar-refractivity contribution in [3.63, 3.8) is 0 Å². The Morgan fingerprint density at radius 2 is 1.36 bits per heavy atom. The number of aromatic nitrogens is 2. The van der Waals surface area contributed by atoms with Crippen molar-refractivity contribution in [1.29, 1.82) is 0 Å². The van der Waals surface area contributed by atoms with E-state index in [4.69, 9.17) is 14.9 Å². The molecule has 200 valence electrons. The first-order chi connectivity index (χ1) is 18.7. The van der Waals surface area contributed by atoms with Crippen LogP contribution in [0.1, 0.15) is 26.5 Å². The molecule has 0 unspecified atom stereocenters. The monoisotopic (exact) mass is 536 g/mol. The Hall–Kier alpha value is -5.12. The first kappa shape index (κ1) is 28.5. The first-order valence-corrected chi connectivity index (χ1v) is 11.4. The maximum atomic E-state index is 10.4. The topological polar surface area (TPSA) is 113 Å². The number of carboxylic acid groups (broad SMARTS) is 2. The molecule has 0 saturated heterocycles. The van der Waals surface area contributed by atoms with Gasteiger partial charge in [0.1, 0.15) is 18.2 Å². The van der Waals surface area contributed by atoms with Gasteiger partial charge in [0.15, 0.2) is 0 Å². The molecule has 0 atom stereocenters. The fraction of sp³-hybridized carbons (Fsp3) is 0.0690. The summed E-state index contributed by atoms with van der Waals surface area (Å²) < 4.78 is 34.9. The molecule has 0 aliphatic rings. The molecule has 5 rings (SSSR count). The number of imidazole rings is 1. The number of rotatable bonds is 6. The van der Waals surface area contributed by atoms with Crippen molar-refractivity contribution in [3.05, 3.63) is 120 Å². The van der Waals surface area contributed by atoms with Gasteiger partial charge in [0.05, 0.1) is 23.0 Å². The molecule has 0 aliphatic carbocycles. The Bertz CT molecular complexity index is 1490. The van der Waals surface area contributed by atoms with E-state index in [-0.39, 0.29) is 11.1 Å². The average molecular weight is 537 g/mol. The second-order valence-electron chi connectivity index (χ2n) is 7.85. The van der Waals surface area contributed by atoms with Crippen LogP contribution in [-0.2, 0) is 6.61 Å². The van der Waals surface area contributed by atoms with E-state index in [1.807, 2.05) is 42.6 Å². The maximum Gasteiger partial charge on any atom is 0.379 e. The highest BCUT2D eigenvalue weighted by Crippen LogP contribution is 2.22. The minimum absolute atomic E-state index is 0.0186. The number of carbonyl (C=O) groups is 2. The number of nitrogens with zero attached hydrogens (tertiary/aromatic N) is 1. The van der Waals surface area contributed by atoms with Crippen molar-refractivity contribution < 1.29 is 37.7 Å². The van der Waals surface area contributed by atoms with E-state index in [0.29, 0.717) is 6.61 Å². The van der Waals surface area contributed by atoms with Gasteiger partial charge in [-0.3, -0.25) is 0 Å². The third-order valence-electron chi connectivity index (χ3n) is 5.17. The van der Waals surface area contributed by atoms with Gasteiger partial charge in [-0.05, 0) is 46.7 Å². The lowest BCUT2D eigenvalue weighted by Gasteiger charge is -2.05. The minimum Gasteiger partial charge on any atom is -0.486 e. The Balaban J connectivity index is 0.000000221. The number of alkyl halides is 3. The number of fused-ring (bicyclic) bond motifs is 1. The SMILES string of the molecule is FC(F)F.O=C(O)c1cccc(C(=O)O)c1.c1ccc(-c2cnc(COc3ccc4ccccc4c3)[nH]2)cc1. The highest BCUT2D eigenvalue weighted by Gasteiger charge is 2.07. The van der Waals surface area contributed by atoms with Crippen LogP contribution < -0.4 is 4.74 Å². The van der Waals surface area contributed by atoms with Crippen LogP contribution in [0.3, 0.4) is 0 Å². The number of H-pyrrole nitrogens is 1. The van der Waals surface area contributed by atoms with Gasteiger partial charge < -0.3 is 19.9 Å². The first-order valence-electron chi connectivity index (χ1n) is 11.4. The number of nitrogens with one attached hydrogen (secondary N) is 1. The summed E-state index contributed by atoms with van der Waals surface area (Å²) in [4.78, 5) is 28.5. The Kier molecular flexibility index (Phi) is 10.2. The van der Waals surface area contributed by atoms with Crippen LogP contribution in [0, 0.1) is 0 Å². The summed E-state index contributed by atoms with van der Waals surface area (Å²) in [5.41, 5.74) is 2.09. The maximum absolute atomic E-state index is 10.4. The van der Waals surface area contributed by atoms with E-state index < -0.39 is 18.6 Å². The second kappa shape index (κ2) is 14.0. The number of hydrogen-bond donors (Lipinski definition) is 3. The summed E-state index contributed by atoms with van der Waals surface area (Å²) in [6.07, 6.45) is 1.84. The third-order valence-corrected chi connectivity index (χ3v) is 5.17. The van der Waals surface area contributed by atoms with Crippen molar-refractivity contribution >= 4 is 22.7 Å². The van der Waals surface area contributed by atoms with Gasteiger partial charge >= 0.3 is 18.6 Å². The van der Waals surface area contributed by atoms with Crippen LogP contribution in [0.2, 0.25) is 0 Å². The zero-order chi connectivity index (χ0) is 28.2. The number of aromatic amines is 1. The molecule has 0 fully saturated rings. The molecule has 0 aliphatic heterocycles. The number of ether oxygens (including phenoxy) is 1. The standard InChI is InChI=1S/C20H16N2O.C8H6O4.CHF3/c1-2-7-16(8-3-1)19-13-21-20(22-19)14-23-18-11-10-15-6-4-5-9-17(15)12-18;9-7(10)5-2-1-3-6(4-5)8(11)12;2-1(3)4/h1-13H,14H2,(H,21,22);1-4H,(H,9,10)(H,11,12);1H. The summed E-state index contributed by atoms with van der Waals surface area (Å²) in [5, 5.41) is 19.4. The Morgan fingerprint density at radius 3 is 1.97 bits per heavy atom. The molecule has 39 heavy (non-hydrogen) atoms. The van der Waals surface area contributed by atoms with E-state index in [9.17, 15) is 22.8 Å². The van der Waals surface area contributed by atoms with E-state index in [0.717, 1.165) is 28.9 Å². The van der Waals surface area contributed by atoms with Crippen LogP contribution in [0.25, 0.3) is 22.0 Å². The lowest BCUT2D eigenvalue weighted by molar-refractivity contribution is 0.00816. The fourth-order valence-electron chi connectivity index (χ4n) is 3.39. The molecular formula is C29H23F3N2O5. The quantitative estimate of drug-likeness (QED) is 0.214. The van der Waals surface area contributed by atoms with Gasteiger partial charge in [0, 0.05) is 0 Å². The summed E-state index contributed by atoms with van der Waals surface area (Å²) >= 11 is 0. The van der Waals surface area contributed by atoms with Crippen LogP contribution in [0.15, 0.2) is 103 Å². The van der Waals surface area contributed by atoms with E-state index >= 15 is 0 Å². The second-order valence-corrected chi connectivity index (χ2v) is 7.85. The van der Waals surface area contributed by atoms with Gasteiger partial charge in [0.2, 0.25) is 0 Å². The van der Waals surface area contributed by atoms with Crippen molar-refractivity contribution in [2.75, 3.05) is 0 Å². The van der Waals surface area contributed by atoms with E-state index in [1.54, 1.807) is 0 Å². The van der Waals surface area contributed by atoms with Crippen LogP contribution in [0.4, 0.5) is 13.2 Å². The highest BCUT2D eigenvalue weighted by molar-refractivity contribution is 5.93. The molecule has 3 N–H and O–H groups in total. The predicted molar refractivity (Wildman–Crippen MR) is 140 cm³/mol. The number of aromatic carboxylic acids is 2. The van der Waals surface area contributed by atoms with Crippen molar-refractivity contribution in [1.82, 2.24) is 9.97 Å².